The summed E-state index contributed by atoms with van der Waals surface area (Å²) in [6, 6.07) is 14.5. The van der Waals surface area contributed by atoms with Gasteiger partial charge in [0.1, 0.15) is 17.0 Å². The summed E-state index contributed by atoms with van der Waals surface area (Å²) in [5.74, 6) is 0.107. The third-order valence-corrected chi connectivity index (χ3v) is 4.73. The van der Waals surface area contributed by atoms with Crippen molar-refractivity contribution in [1.82, 2.24) is 5.16 Å². The van der Waals surface area contributed by atoms with Crippen molar-refractivity contribution >= 4 is 41.1 Å². The number of aliphatic imine (C=N–C) groups is 1. The van der Waals surface area contributed by atoms with E-state index in [1.54, 1.807) is 31.2 Å². The van der Waals surface area contributed by atoms with Gasteiger partial charge in [-0.25, -0.2) is 9.79 Å². The molecule has 3 aromatic rings. The molecule has 0 fully saturated rings. The number of esters is 1. The number of aryl methyl sites for hydroxylation is 1. The Balaban J connectivity index is 1.75. The van der Waals surface area contributed by atoms with Crippen LogP contribution in [0.2, 0.25) is 10.0 Å². The molecule has 1 aliphatic heterocycles. The Kier molecular flexibility index (Phi) is 4.56. The summed E-state index contributed by atoms with van der Waals surface area (Å²) < 4.78 is 10.7. The van der Waals surface area contributed by atoms with Crippen LogP contribution < -0.4 is 0 Å². The summed E-state index contributed by atoms with van der Waals surface area (Å²) in [4.78, 5) is 16.6. The highest BCUT2D eigenvalue weighted by Gasteiger charge is 2.30. The van der Waals surface area contributed by atoms with Gasteiger partial charge in [0.05, 0.1) is 10.0 Å². The quantitative estimate of drug-likeness (QED) is 0.443. The maximum atomic E-state index is 12.3. The molecule has 0 unspecified atom stereocenters. The molecule has 0 atom stereocenters. The molecule has 2 heterocycles. The van der Waals surface area contributed by atoms with E-state index in [1.807, 2.05) is 30.3 Å². The van der Waals surface area contributed by atoms with Crippen molar-refractivity contribution in [3.8, 4) is 11.3 Å². The highest BCUT2D eigenvalue weighted by Crippen LogP contribution is 2.30. The molecule has 2 aromatic carbocycles. The number of ether oxygens (including phenoxy) is 1. The van der Waals surface area contributed by atoms with Crippen LogP contribution in [0.5, 0.6) is 0 Å². The van der Waals surface area contributed by atoms with Gasteiger partial charge >= 0.3 is 5.97 Å². The van der Waals surface area contributed by atoms with Gasteiger partial charge in [0.2, 0.25) is 5.90 Å². The van der Waals surface area contributed by atoms with Crippen LogP contribution in [0.3, 0.4) is 0 Å². The van der Waals surface area contributed by atoms with Crippen LogP contribution in [-0.4, -0.2) is 17.0 Å². The van der Waals surface area contributed by atoms with Gasteiger partial charge in [-0.2, -0.15) is 0 Å². The zero-order chi connectivity index (χ0) is 19.0. The van der Waals surface area contributed by atoms with Crippen molar-refractivity contribution in [2.24, 2.45) is 4.99 Å². The third-order valence-electron chi connectivity index (χ3n) is 3.99. The zero-order valence-electron chi connectivity index (χ0n) is 14.1. The van der Waals surface area contributed by atoms with Crippen LogP contribution in [0.4, 0.5) is 0 Å². The minimum absolute atomic E-state index is 0.156. The number of aromatic nitrogens is 1. The lowest BCUT2D eigenvalue weighted by Gasteiger charge is -2.01. The topological polar surface area (TPSA) is 64.7 Å². The standard InChI is InChI=1S/C20H12Cl2N2O3/c1-11-17(18(24-27-11)13-5-3-2-4-6-13)19-23-16(20(25)26-19)10-12-7-8-14(21)15(22)9-12/h2-10H,1H3. The molecule has 0 radical (unpaired) electrons. The van der Waals surface area contributed by atoms with E-state index in [4.69, 9.17) is 32.5 Å². The fourth-order valence-electron chi connectivity index (χ4n) is 2.69. The smallest absolute Gasteiger partial charge is 0.363 e. The molecule has 1 aliphatic rings. The molecule has 0 aliphatic carbocycles. The molecular formula is C20H12Cl2N2O3. The van der Waals surface area contributed by atoms with Crippen molar-refractivity contribution < 1.29 is 14.1 Å². The van der Waals surface area contributed by atoms with Crippen LogP contribution >= 0.6 is 23.2 Å². The van der Waals surface area contributed by atoms with E-state index in [0.717, 1.165) is 5.56 Å². The van der Waals surface area contributed by atoms with Gasteiger partial charge in [0.25, 0.3) is 0 Å². The van der Waals surface area contributed by atoms with Gasteiger partial charge in [-0.3, -0.25) is 0 Å². The fraction of sp³-hybridized carbons (Fsp3) is 0.0500. The first kappa shape index (κ1) is 17.5. The number of rotatable bonds is 3. The van der Waals surface area contributed by atoms with Crippen molar-refractivity contribution in [1.29, 1.82) is 0 Å². The molecule has 0 spiro atoms. The fourth-order valence-corrected chi connectivity index (χ4v) is 3.00. The highest BCUT2D eigenvalue weighted by molar-refractivity contribution is 6.42. The molecule has 0 N–H and O–H groups in total. The third kappa shape index (κ3) is 3.39. The Morgan fingerprint density at radius 3 is 2.56 bits per heavy atom. The number of nitrogens with zero attached hydrogens (tertiary/aromatic N) is 2. The molecule has 5 nitrogen and oxygen atoms in total. The van der Waals surface area contributed by atoms with Crippen molar-refractivity contribution in [2.75, 3.05) is 0 Å². The summed E-state index contributed by atoms with van der Waals surface area (Å²) in [6.07, 6.45) is 1.59. The van der Waals surface area contributed by atoms with E-state index in [-0.39, 0.29) is 11.6 Å². The number of cyclic esters (lactones) is 1. The van der Waals surface area contributed by atoms with E-state index in [2.05, 4.69) is 10.1 Å². The normalized spacial score (nSPS) is 15.1. The van der Waals surface area contributed by atoms with Gasteiger partial charge in [-0.1, -0.05) is 64.8 Å². The minimum atomic E-state index is -0.560. The highest BCUT2D eigenvalue weighted by atomic mass is 35.5. The predicted octanol–water partition coefficient (Wildman–Crippen LogP) is 5.30. The van der Waals surface area contributed by atoms with E-state index in [9.17, 15) is 4.79 Å². The predicted molar refractivity (Wildman–Crippen MR) is 104 cm³/mol. The molecular weight excluding hydrogens is 387 g/mol. The van der Waals surface area contributed by atoms with Gasteiger partial charge in [0.15, 0.2) is 5.70 Å². The summed E-state index contributed by atoms with van der Waals surface area (Å²) in [5.41, 5.74) is 2.79. The average molecular weight is 399 g/mol. The number of carbonyl (C=O) groups is 1. The maximum Gasteiger partial charge on any atom is 0.363 e. The van der Waals surface area contributed by atoms with Gasteiger partial charge in [-0.05, 0) is 30.7 Å². The monoisotopic (exact) mass is 398 g/mol. The Morgan fingerprint density at radius 1 is 1.04 bits per heavy atom. The van der Waals surface area contributed by atoms with Crippen molar-refractivity contribution in [3.05, 3.63) is 81.2 Å². The number of hydrogen-bond donors (Lipinski definition) is 0. The Hall–Kier alpha value is -2.89. The van der Waals surface area contributed by atoms with Gasteiger partial charge < -0.3 is 9.26 Å². The van der Waals surface area contributed by atoms with Crippen LogP contribution in [0.15, 0.2) is 63.7 Å². The molecule has 0 saturated heterocycles. The number of benzene rings is 2. The molecule has 134 valence electrons. The van der Waals surface area contributed by atoms with Crippen LogP contribution in [-0.2, 0) is 9.53 Å². The lowest BCUT2D eigenvalue weighted by molar-refractivity contribution is -0.129. The van der Waals surface area contributed by atoms with Crippen LogP contribution in [0, 0.1) is 6.92 Å². The SMILES string of the molecule is Cc1onc(-c2ccccc2)c1C1=NC(=Cc2ccc(Cl)c(Cl)c2)C(=O)O1. The molecule has 0 amide bonds. The first-order valence-electron chi connectivity index (χ1n) is 8.02. The molecule has 7 heteroatoms. The summed E-state index contributed by atoms with van der Waals surface area (Å²) in [6.45, 7) is 1.74. The van der Waals surface area contributed by atoms with E-state index < -0.39 is 5.97 Å². The van der Waals surface area contributed by atoms with Gasteiger partial charge in [-0.15, -0.1) is 0 Å². The number of halogens is 2. The van der Waals surface area contributed by atoms with Crippen molar-refractivity contribution in [3.63, 3.8) is 0 Å². The van der Waals surface area contributed by atoms with E-state index in [0.29, 0.717) is 32.6 Å². The second-order valence-electron chi connectivity index (χ2n) is 5.84. The molecule has 1 aromatic heterocycles. The number of hydrogen-bond acceptors (Lipinski definition) is 5. The number of carbonyl (C=O) groups excluding carboxylic acids is 1. The lowest BCUT2D eigenvalue weighted by atomic mass is 10.1. The summed E-state index contributed by atoms with van der Waals surface area (Å²) in [5, 5.41) is 4.91. The Morgan fingerprint density at radius 2 is 1.81 bits per heavy atom. The second kappa shape index (κ2) is 7.02. The largest absolute Gasteiger partial charge is 0.402 e. The van der Waals surface area contributed by atoms with Crippen LogP contribution in [0.1, 0.15) is 16.9 Å². The molecule has 4 rings (SSSR count). The Labute approximate surface area is 164 Å². The van der Waals surface area contributed by atoms with Gasteiger partial charge in [0, 0.05) is 5.56 Å². The molecule has 0 bridgehead atoms. The van der Waals surface area contributed by atoms with Crippen LogP contribution in [0.25, 0.3) is 17.3 Å². The first-order chi connectivity index (χ1) is 13.0. The van der Waals surface area contributed by atoms with E-state index in [1.165, 1.54) is 0 Å². The summed E-state index contributed by atoms with van der Waals surface area (Å²) >= 11 is 11.9. The first-order valence-corrected chi connectivity index (χ1v) is 8.78. The molecule has 0 saturated carbocycles. The maximum absolute atomic E-state index is 12.3. The average Bonchev–Trinajstić information content (AvgIpc) is 3.21. The molecule has 27 heavy (non-hydrogen) atoms. The lowest BCUT2D eigenvalue weighted by Crippen LogP contribution is -2.07. The second-order valence-corrected chi connectivity index (χ2v) is 6.65. The zero-order valence-corrected chi connectivity index (χ0v) is 15.6. The summed E-state index contributed by atoms with van der Waals surface area (Å²) in [7, 11) is 0. The Bertz CT molecular complexity index is 1100. The van der Waals surface area contributed by atoms with Crippen molar-refractivity contribution in [2.45, 2.75) is 6.92 Å². The minimum Gasteiger partial charge on any atom is -0.402 e. The van der Waals surface area contributed by atoms with E-state index >= 15 is 0 Å².